The molecule has 0 amide bonds. The molecule has 0 spiro atoms. The van der Waals surface area contributed by atoms with E-state index in [9.17, 15) is 0 Å². The maximum atomic E-state index is 6.17. The number of benzene rings is 1. The zero-order valence-electron chi connectivity index (χ0n) is 9.84. The van der Waals surface area contributed by atoms with Gasteiger partial charge in [0.1, 0.15) is 5.82 Å². The molecule has 1 atom stereocenters. The average molecular weight is 227 g/mol. The Morgan fingerprint density at radius 3 is 2.94 bits per heavy atom. The Balaban J connectivity index is 1.92. The summed E-state index contributed by atoms with van der Waals surface area (Å²) in [5.41, 5.74) is 8.75. The summed E-state index contributed by atoms with van der Waals surface area (Å²) in [5, 5.41) is 0. The summed E-state index contributed by atoms with van der Waals surface area (Å²) in [6.45, 7) is 0. The first-order valence-electron chi connectivity index (χ1n) is 6.19. The smallest absolute Gasteiger partial charge is 0.114 e. The predicted octanol–water partition coefficient (Wildman–Crippen LogP) is 2.27. The van der Waals surface area contributed by atoms with E-state index in [1.165, 1.54) is 17.7 Å². The van der Waals surface area contributed by atoms with E-state index in [4.69, 9.17) is 5.73 Å². The molecule has 2 aromatic rings. The van der Waals surface area contributed by atoms with Gasteiger partial charge in [-0.2, -0.15) is 0 Å². The number of rotatable bonds is 2. The summed E-state index contributed by atoms with van der Waals surface area (Å²) in [7, 11) is 0. The van der Waals surface area contributed by atoms with E-state index in [2.05, 4.69) is 33.8 Å². The molecule has 3 nitrogen and oxygen atoms in total. The molecule has 1 aliphatic heterocycles. The quantitative estimate of drug-likeness (QED) is 0.855. The molecule has 0 saturated carbocycles. The Hall–Kier alpha value is -1.61. The molecule has 1 aromatic carbocycles. The van der Waals surface area contributed by atoms with Crippen molar-refractivity contribution < 1.29 is 0 Å². The highest BCUT2D eigenvalue weighted by Gasteiger charge is 2.19. The molecular formula is C14H17N3. The fraction of sp³-hybridized carbons (Fsp3) is 0.357. The maximum absolute atomic E-state index is 6.17. The third-order valence-corrected chi connectivity index (χ3v) is 3.42. The normalized spacial score (nSPS) is 19.0. The highest BCUT2D eigenvalue weighted by molar-refractivity contribution is 5.21. The van der Waals surface area contributed by atoms with Crippen molar-refractivity contribution in [2.24, 2.45) is 5.73 Å². The largest absolute Gasteiger partial charge is 0.316 e. The molecule has 2 heterocycles. The van der Waals surface area contributed by atoms with Gasteiger partial charge in [0, 0.05) is 18.3 Å². The minimum absolute atomic E-state index is 0.111. The molecule has 17 heavy (non-hydrogen) atoms. The van der Waals surface area contributed by atoms with Gasteiger partial charge in [0.15, 0.2) is 0 Å². The van der Waals surface area contributed by atoms with Crippen LogP contribution in [0.4, 0.5) is 0 Å². The summed E-state index contributed by atoms with van der Waals surface area (Å²) >= 11 is 0. The Labute approximate surface area is 101 Å². The van der Waals surface area contributed by atoms with Crippen molar-refractivity contribution >= 4 is 0 Å². The molecule has 3 rings (SSSR count). The highest BCUT2D eigenvalue weighted by Crippen LogP contribution is 2.24. The standard InChI is InChI=1S/C14H17N3/c15-13-8-4-7-12-10-16-14(17(12)13)9-11-5-2-1-3-6-11/h1-3,5-6,10,13H,4,7-9,15H2. The second kappa shape index (κ2) is 4.34. The minimum atomic E-state index is 0.111. The predicted molar refractivity (Wildman–Crippen MR) is 67.6 cm³/mol. The summed E-state index contributed by atoms with van der Waals surface area (Å²) in [6, 6.07) is 10.4. The van der Waals surface area contributed by atoms with Crippen LogP contribution in [-0.2, 0) is 12.8 Å². The van der Waals surface area contributed by atoms with Crippen molar-refractivity contribution in [3.05, 3.63) is 53.6 Å². The Kier molecular flexibility index (Phi) is 2.69. The minimum Gasteiger partial charge on any atom is -0.316 e. The van der Waals surface area contributed by atoms with Gasteiger partial charge in [-0.05, 0) is 24.8 Å². The lowest BCUT2D eigenvalue weighted by molar-refractivity contribution is 0.403. The molecule has 2 N–H and O–H groups in total. The van der Waals surface area contributed by atoms with Gasteiger partial charge in [-0.1, -0.05) is 30.3 Å². The van der Waals surface area contributed by atoms with E-state index in [0.717, 1.165) is 25.1 Å². The molecule has 0 fully saturated rings. The fourth-order valence-corrected chi connectivity index (χ4v) is 2.56. The van der Waals surface area contributed by atoms with Crippen LogP contribution in [-0.4, -0.2) is 9.55 Å². The number of aromatic nitrogens is 2. The first kappa shape index (κ1) is 10.5. The molecule has 1 unspecified atom stereocenters. The molecule has 1 aromatic heterocycles. The molecule has 0 radical (unpaired) electrons. The lowest BCUT2D eigenvalue weighted by Gasteiger charge is -2.23. The Morgan fingerprint density at radius 2 is 2.12 bits per heavy atom. The number of aryl methyl sites for hydroxylation is 1. The first-order chi connectivity index (χ1) is 8.34. The van der Waals surface area contributed by atoms with Gasteiger partial charge in [-0.3, -0.25) is 0 Å². The summed E-state index contributed by atoms with van der Waals surface area (Å²) in [5.74, 6) is 1.10. The summed E-state index contributed by atoms with van der Waals surface area (Å²) in [4.78, 5) is 4.53. The fourth-order valence-electron chi connectivity index (χ4n) is 2.56. The van der Waals surface area contributed by atoms with Gasteiger partial charge in [0.2, 0.25) is 0 Å². The van der Waals surface area contributed by atoms with Crippen molar-refractivity contribution in [2.45, 2.75) is 31.8 Å². The van der Waals surface area contributed by atoms with Crippen LogP contribution in [0.2, 0.25) is 0 Å². The van der Waals surface area contributed by atoms with E-state index in [-0.39, 0.29) is 6.17 Å². The molecule has 3 heteroatoms. The maximum Gasteiger partial charge on any atom is 0.114 e. The molecule has 88 valence electrons. The Bertz CT molecular complexity index is 501. The highest BCUT2D eigenvalue weighted by atomic mass is 15.2. The zero-order valence-corrected chi connectivity index (χ0v) is 9.84. The number of nitrogens with zero attached hydrogens (tertiary/aromatic N) is 2. The van der Waals surface area contributed by atoms with Crippen LogP contribution in [0.25, 0.3) is 0 Å². The van der Waals surface area contributed by atoms with Crippen LogP contribution >= 0.6 is 0 Å². The second-order valence-electron chi connectivity index (χ2n) is 4.66. The number of hydrogen-bond acceptors (Lipinski definition) is 2. The monoisotopic (exact) mass is 227 g/mol. The molecule has 1 aliphatic rings. The summed E-state index contributed by atoms with van der Waals surface area (Å²) < 4.78 is 2.22. The van der Waals surface area contributed by atoms with Gasteiger partial charge in [-0.15, -0.1) is 0 Å². The second-order valence-corrected chi connectivity index (χ2v) is 4.66. The Morgan fingerprint density at radius 1 is 1.29 bits per heavy atom. The van der Waals surface area contributed by atoms with Crippen LogP contribution in [0.5, 0.6) is 0 Å². The van der Waals surface area contributed by atoms with Crippen molar-refractivity contribution in [3.8, 4) is 0 Å². The van der Waals surface area contributed by atoms with E-state index >= 15 is 0 Å². The van der Waals surface area contributed by atoms with Crippen molar-refractivity contribution in [3.63, 3.8) is 0 Å². The van der Waals surface area contributed by atoms with Gasteiger partial charge in [0.25, 0.3) is 0 Å². The molecule has 0 bridgehead atoms. The molecular weight excluding hydrogens is 210 g/mol. The van der Waals surface area contributed by atoms with Crippen molar-refractivity contribution in [2.75, 3.05) is 0 Å². The van der Waals surface area contributed by atoms with Crippen LogP contribution in [0.15, 0.2) is 36.5 Å². The SMILES string of the molecule is NC1CCCc2cnc(Cc3ccccc3)n21. The van der Waals surface area contributed by atoms with Gasteiger partial charge < -0.3 is 10.3 Å². The van der Waals surface area contributed by atoms with Gasteiger partial charge in [-0.25, -0.2) is 4.98 Å². The molecule has 0 saturated heterocycles. The van der Waals surface area contributed by atoms with Crippen LogP contribution in [0.1, 0.15) is 36.1 Å². The third kappa shape index (κ3) is 1.98. The topological polar surface area (TPSA) is 43.8 Å². The van der Waals surface area contributed by atoms with E-state index in [1.807, 2.05) is 12.3 Å². The third-order valence-electron chi connectivity index (χ3n) is 3.42. The lowest BCUT2D eigenvalue weighted by Crippen LogP contribution is -2.26. The molecule has 0 aliphatic carbocycles. The van der Waals surface area contributed by atoms with Crippen LogP contribution in [0, 0.1) is 0 Å². The zero-order chi connectivity index (χ0) is 11.7. The van der Waals surface area contributed by atoms with Crippen molar-refractivity contribution in [1.29, 1.82) is 0 Å². The van der Waals surface area contributed by atoms with E-state index < -0.39 is 0 Å². The number of imidazole rings is 1. The van der Waals surface area contributed by atoms with Gasteiger partial charge >= 0.3 is 0 Å². The lowest BCUT2D eigenvalue weighted by atomic mass is 10.1. The van der Waals surface area contributed by atoms with Crippen LogP contribution < -0.4 is 5.73 Å². The van der Waals surface area contributed by atoms with E-state index in [1.54, 1.807) is 0 Å². The van der Waals surface area contributed by atoms with E-state index in [0.29, 0.717) is 0 Å². The van der Waals surface area contributed by atoms with Crippen LogP contribution in [0.3, 0.4) is 0 Å². The summed E-state index contributed by atoms with van der Waals surface area (Å²) in [6.07, 6.45) is 6.31. The van der Waals surface area contributed by atoms with Crippen molar-refractivity contribution in [1.82, 2.24) is 9.55 Å². The number of nitrogens with two attached hydrogens (primary N) is 1. The number of hydrogen-bond donors (Lipinski definition) is 1. The van der Waals surface area contributed by atoms with Gasteiger partial charge in [0.05, 0.1) is 6.17 Å². The first-order valence-corrected chi connectivity index (χ1v) is 6.19. The number of fused-ring (bicyclic) bond motifs is 1. The average Bonchev–Trinajstić information content (AvgIpc) is 2.75.